The Morgan fingerprint density at radius 1 is 0.828 bits per heavy atom. The molecule has 154 valence electrons. The fourth-order valence-electron chi connectivity index (χ4n) is 2.79. The lowest BCUT2D eigenvalue weighted by molar-refractivity contribution is -0.682. The Balaban J connectivity index is 1.90. The van der Waals surface area contributed by atoms with Crippen molar-refractivity contribution in [2.75, 3.05) is 12.3 Å². The molecule has 0 spiro atoms. The Morgan fingerprint density at radius 3 is 1.90 bits per heavy atom. The predicted octanol–water partition coefficient (Wildman–Crippen LogP) is 0.939. The Hall–Kier alpha value is -2.19. The monoisotopic (exact) mass is 441 g/mol. The maximum absolute atomic E-state index is 11.2. The van der Waals surface area contributed by atoms with Crippen LogP contribution in [0.2, 0.25) is 0 Å². The van der Waals surface area contributed by atoms with Crippen LogP contribution in [-0.2, 0) is 22.2 Å². The molecule has 0 saturated carbocycles. The molecule has 12 heteroatoms. The summed E-state index contributed by atoms with van der Waals surface area (Å²) in [6, 6.07) is 12.2. The van der Waals surface area contributed by atoms with E-state index in [1.54, 1.807) is 64.0 Å². The average Bonchev–Trinajstić information content (AvgIpc) is 3.14. The first-order chi connectivity index (χ1) is 13.6. The van der Waals surface area contributed by atoms with E-state index in [2.05, 4.69) is 5.16 Å². The highest BCUT2D eigenvalue weighted by molar-refractivity contribution is 7.51. The molecule has 0 saturated heterocycles. The van der Waals surface area contributed by atoms with Gasteiger partial charge in [-0.2, -0.15) is 9.13 Å². The molecule has 0 radical (unpaired) electrons. The van der Waals surface area contributed by atoms with Gasteiger partial charge in [0.25, 0.3) is 5.69 Å². The summed E-state index contributed by atoms with van der Waals surface area (Å²) in [7, 11) is -8.29. The van der Waals surface area contributed by atoms with Crippen molar-refractivity contribution in [3.63, 3.8) is 0 Å². The third-order valence-corrected chi connectivity index (χ3v) is 5.74. The number of nitrogens with zero attached hydrogens (tertiary/aromatic N) is 3. The topological polar surface area (TPSA) is 149 Å². The highest BCUT2D eigenvalue weighted by Crippen LogP contribution is 2.34. The van der Waals surface area contributed by atoms with Gasteiger partial charge in [0.15, 0.2) is 31.2 Å². The smallest absolute Gasteiger partial charge is 0.331 e. The van der Waals surface area contributed by atoms with Crippen LogP contribution in [0.15, 0.2) is 59.4 Å². The summed E-state index contributed by atoms with van der Waals surface area (Å²) in [5.74, 6) is 0.400. The van der Waals surface area contributed by atoms with E-state index in [9.17, 15) is 9.13 Å². The van der Waals surface area contributed by atoms with E-state index >= 15 is 0 Å². The zero-order valence-corrected chi connectivity index (χ0v) is 17.1. The lowest BCUT2D eigenvalue weighted by Gasteiger charge is -2.03. The van der Waals surface area contributed by atoms with Gasteiger partial charge in [-0.15, -0.1) is 0 Å². The zero-order chi connectivity index (χ0) is 21.1. The van der Waals surface area contributed by atoms with Crippen molar-refractivity contribution in [3.8, 4) is 22.8 Å². The van der Waals surface area contributed by atoms with Crippen LogP contribution < -0.4 is 9.13 Å². The summed E-state index contributed by atoms with van der Waals surface area (Å²) in [5.41, 5.74) is 1.68. The van der Waals surface area contributed by atoms with Gasteiger partial charge in [-0.3, -0.25) is 9.13 Å². The number of hydrogen-bond acceptors (Lipinski definition) is 4. The Labute approximate surface area is 166 Å². The van der Waals surface area contributed by atoms with Gasteiger partial charge in [-0.25, -0.2) is 0 Å². The van der Waals surface area contributed by atoms with Crippen LogP contribution in [0.5, 0.6) is 0 Å². The summed E-state index contributed by atoms with van der Waals surface area (Å²) < 4.78 is 31.2. The van der Waals surface area contributed by atoms with Gasteiger partial charge in [-0.05, 0) is 12.1 Å². The highest BCUT2D eigenvalue weighted by Gasteiger charge is 2.25. The largest absolute Gasteiger partial charge is 0.349 e. The van der Waals surface area contributed by atoms with Gasteiger partial charge in [0, 0.05) is 30.3 Å². The standard InChI is InChI=1S/C17H19N3O7P2/c21-28(22,23)11-9-19-7-3-1-5-15(19)14-13-17(27-18-14)16-6-2-4-8-20(16)10-12-29(24,25)26/h1-8,13H,9-12H2,(H2-2,21,22,23,24,25,26)/p+2. The van der Waals surface area contributed by atoms with Crippen LogP contribution in [0, 0.1) is 0 Å². The van der Waals surface area contributed by atoms with Crippen LogP contribution in [-0.4, -0.2) is 37.1 Å². The molecule has 0 amide bonds. The lowest BCUT2D eigenvalue weighted by atomic mass is 10.2. The lowest BCUT2D eigenvalue weighted by Crippen LogP contribution is -2.37. The molecule has 0 aliphatic carbocycles. The molecule has 0 aliphatic heterocycles. The van der Waals surface area contributed by atoms with Gasteiger partial charge >= 0.3 is 15.2 Å². The second kappa shape index (κ2) is 8.67. The summed E-state index contributed by atoms with van der Waals surface area (Å²) in [4.78, 5) is 36.5. The fourth-order valence-corrected chi connectivity index (χ4v) is 3.74. The molecule has 10 nitrogen and oxygen atoms in total. The second-order valence-electron chi connectivity index (χ2n) is 6.41. The van der Waals surface area contributed by atoms with Crippen LogP contribution in [0.4, 0.5) is 0 Å². The van der Waals surface area contributed by atoms with Gasteiger partial charge < -0.3 is 24.1 Å². The Morgan fingerprint density at radius 2 is 1.34 bits per heavy atom. The maximum atomic E-state index is 11.2. The summed E-state index contributed by atoms with van der Waals surface area (Å²) in [6.45, 7) is 0.209. The van der Waals surface area contributed by atoms with Crippen molar-refractivity contribution in [1.82, 2.24) is 5.16 Å². The molecular formula is C17H21N3O7P2+2. The summed E-state index contributed by atoms with van der Waals surface area (Å²) in [6.07, 6.45) is 2.77. The van der Waals surface area contributed by atoms with Gasteiger partial charge in [0.05, 0.1) is 0 Å². The SMILES string of the molecule is O=P(O)(O)CC[n+]1ccccc1-c1cc(-c2cccc[n+]2CCP(=O)(O)O)on1. The van der Waals surface area contributed by atoms with E-state index in [0.29, 0.717) is 22.8 Å². The molecule has 0 aromatic carbocycles. The van der Waals surface area contributed by atoms with Crippen molar-refractivity contribution in [1.29, 1.82) is 0 Å². The molecule has 0 atom stereocenters. The molecule has 3 aromatic heterocycles. The first-order valence-electron chi connectivity index (χ1n) is 8.66. The molecule has 0 bridgehead atoms. The van der Waals surface area contributed by atoms with Gasteiger partial charge in [0.2, 0.25) is 11.5 Å². The molecule has 4 N–H and O–H groups in total. The number of hydrogen-bond donors (Lipinski definition) is 4. The first kappa shape index (κ1) is 21.5. The number of aryl methyl sites for hydroxylation is 2. The van der Waals surface area contributed by atoms with Crippen molar-refractivity contribution in [2.45, 2.75) is 13.1 Å². The Kier molecular flexibility index (Phi) is 6.43. The molecule has 3 aromatic rings. The van der Waals surface area contributed by atoms with Crippen molar-refractivity contribution in [3.05, 3.63) is 54.9 Å². The highest BCUT2D eigenvalue weighted by atomic mass is 31.2. The van der Waals surface area contributed by atoms with Crippen molar-refractivity contribution in [2.24, 2.45) is 0 Å². The van der Waals surface area contributed by atoms with E-state index in [-0.39, 0.29) is 25.4 Å². The van der Waals surface area contributed by atoms with Crippen molar-refractivity contribution < 1.29 is 42.4 Å². The minimum Gasteiger partial charge on any atom is -0.349 e. The third kappa shape index (κ3) is 6.14. The molecule has 0 fully saturated rings. The fraction of sp³-hybridized carbons (Fsp3) is 0.235. The van der Waals surface area contributed by atoms with E-state index in [1.807, 2.05) is 0 Å². The molecule has 0 unspecified atom stereocenters. The molecule has 3 heterocycles. The summed E-state index contributed by atoms with van der Waals surface area (Å²) in [5, 5.41) is 4.06. The zero-order valence-electron chi connectivity index (χ0n) is 15.3. The minimum atomic E-state index is -4.15. The Bertz CT molecular complexity index is 1010. The maximum Gasteiger partial charge on any atom is 0.331 e. The summed E-state index contributed by atoms with van der Waals surface area (Å²) >= 11 is 0. The molecule has 0 aliphatic rings. The number of pyridine rings is 2. The molecular weight excluding hydrogens is 420 g/mol. The van der Waals surface area contributed by atoms with E-state index in [4.69, 9.17) is 24.1 Å². The van der Waals surface area contributed by atoms with Gasteiger partial charge in [-0.1, -0.05) is 5.16 Å². The van der Waals surface area contributed by atoms with Gasteiger partial charge in [0.1, 0.15) is 12.3 Å². The quantitative estimate of drug-likeness (QED) is 0.298. The van der Waals surface area contributed by atoms with E-state index in [1.165, 1.54) is 0 Å². The number of aromatic nitrogens is 3. The minimum absolute atomic E-state index is 0.101. The first-order valence-corrected chi connectivity index (χ1v) is 12.3. The second-order valence-corrected chi connectivity index (χ2v) is 9.96. The van der Waals surface area contributed by atoms with Crippen LogP contribution in [0.3, 0.4) is 0 Å². The van der Waals surface area contributed by atoms with E-state index in [0.717, 1.165) is 0 Å². The number of rotatable bonds is 8. The van der Waals surface area contributed by atoms with Crippen LogP contribution in [0.25, 0.3) is 22.8 Å². The average molecular weight is 441 g/mol. The van der Waals surface area contributed by atoms with Crippen LogP contribution >= 0.6 is 15.2 Å². The molecule has 29 heavy (non-hydrogen) atoms. The van der Waals surface area contributed by atoms with Crippen molar-refractivity contribution >= 4 is 15.2 Å². The normalized spacial score (nSPS) is 12.3. The molecule has 3 rings (SSSR count). The predicted molar refractivity (Wildman–Crippen MR) is 102 cm³/mol. The third-order valence-electron chi connectivity index (χ3n) is 4.17. The van der Waals surface area contributed by atoms with Crippen LogP contribution in [0.1, 0.15) is 0 Å². The van der Waals surface area contributed by atoms with E-state index < -0.39 is 15.2 Å².